The van der Waals surface area contributed by atoms with Gasteiger partial charge in [0.1, 0.15) is 5.82 Å². The number of rotatable bonds is 4. The molecule has 1 aliphatic heterocycles. The van der Waals surface area contributed by atoms with E-state index in [1.165, 1.54) is 18.4 Å². The maximum absolute atomic E-state index is 6.06. The summed E-state index contributed by atoms with van der Waals surface area (Å²) >= 11 is 6.06. The first kappa shape index (κ1) is 15.7. The molecule has 124 valence electrons. The molecule has 0 amide bonds. The molecule has 0 aliphatic carbocycles. The van der Waals surface area contributed by atoms with Crippen molar-refractivity contribution in [3.8, 4) is 0 Å². The van der Waals surface area contributed by atoms with Gasteiger partial charge in [-0.05, 0) is 62.2 Å². The lowest BCUT2D eigenvalue weighted by atomic mass is 9.96. The minimum Gasteiger partial charge on any atom is -0.342 e. The highest BCUT2D eigenvalue weighted by Gasteiger charge is 2.22. The van der Waals surface area contributed by atoms with E-state index in [0.29, 0.717) is 5.92 Å². The number of nitrogens with zero attached hydrogens (tertiary/aromatic N) is 2. The Labute approximate surface area is 147 Å². The van der Waals surface area contributed by atoms with Crippen molar-refractivity contribution in [1.82, 2.24) is 14.9 Å². The van der Waals surface area contributed by atoms with Crippen LogP contribution in [-0.2, 0) is 6.42 Å². The van der Waals surface area contributed by atoms with Gasteiger partial charge in [0.15, 0.2) is 0 Å². The Morgan fingerprint density at radius 3 is 2.71 bits per heavy atom. The molecule has 1 saturated heterocycles. The minimum absolute atomic E-state index is 0.555. The van der Waals surface area contributed by atoms with Crippen LogP contribution in [0.3, 0.4) is 0 Å². The molecule has 0 saturated carbocycles. The molecule has 1 fully saturated rings. The number of imidazole rings is 1. The van der Waals surface area contributed by atoms with E-state index in [-0.39, 0.29) is 0 Å². The highest BCUT2D eigenvalue weighted by molar-refractivity contribution is 6.30. The molecule has 24 heavy (non-hydrogen) atoms. The molecule has 2 aromatic carbocycles. The van der Waals surface area contributed by atoms with E-state index >= 15 is 0 Å². The molecule has 0 bridgehead atoms. The summed E-state index contributed by atoms with van der Waals surface area (Å²) in [4.78, 5) is 10.8. The Morgan fingerprint density at radius 1 is 1.08 bits per heavy atom. The fraction of sp³-hybridized carbons (Fsp3) is 0.350. The van der Waals surface area contributed by atoms with Crippen LogP contribution in [-0.4, -0.2) is 34.5 Å². The minimum atomic E-state index is 0.555. The molecular formula is C20H22ClN3. The van der Waals surface area contributed by atoms with Gasteiger partial charge in [-0.15, -0.1) is 0 Å². The summed E-state index contributed by atoms with van der Waals surface area (Å²) in [7, 11) is 0. The number of fused-ring (bicyclic) bond motifs is 1. The highest BCUT2D eigenvalue weighted by Crippen LogP contribution is 2.27. The number of benzene rings is 2. The molecule has 0 unspecified atom stereocenters. The number of hydrogen-bond donors (Lipinski definition) is 1. The quantitative estimate of drug-likeness (QED) is 0.751. The van der Waals surface area contributed by atoms with E-state index in [1.807, 2.05) is 18.2 Å². The number of aromatic amines is 1. The molecule has 4 heteroatoms. The van der Waals surface area contributed by atoms with Crippen LogP contribution < -0.4 is 0 Å². The van der Waals surface area contributed by atoms with Crippen LogP contribution in [0.5, 0.6) is 0 Å². The van der Waals surface area contributed by atoms with Gasteiger partial charge in [0, 0.05) is 17.5 Å². The Bertz CT molecular complexity index is 785. The van der Waals surface area contributed by atoms with Gasteiger partial charge >= 0.3 is 0 Å². The Morgan fingerprint density at radius 2 is 1.92 bits per heavy atom. The van der Waals surface area contributed by atoms with Crippen molar-refractivity contribution in [2.45, 2.75) is 25.2 Å². The van der Waals surface area contributed by atoms with Gasteiger partial charge < -0.3 is 9.88 Å². The predicted octanol–water partition coefficient (Wildman–Crippen LogP) is 4.64. The third-order valence-corrected chi connectivity index (χ3v) is 5.22. The van der Waals surface area contributed by atoms with E-state index in [2.05, 4.69) is 40.2 Å². The number of piperidine rings is 1. The van der Waals surface area contributed by atoms with Gasteiger partial charge in [0.2, 0.25) is 0 Å². The molecule has 1 N–H and O–H groups in total. The maximum Gasteiger partial charge on any atom is 0.110 e. The zero-order valence-electron chi connectivity index (χ0n) is 13.7. The average Bonchev–Trinajstić information content (AvgIpc) is 3.05. The largest absolute Gasteiger partial charge is 0.342 e. The molecular weight excluding hydrogens is 318 g/mol. The molecule has 0 spiro atoms. The highest BCUT2D eigenvalue weighted by atomic mass is 35.5. The molecule has 3 aromatic rings. The third kappa shape index (κ3) is 3.47. The summed E-state index contributed by atoms with van der Waals surface area (Å²) in [5.41, 5.74) is 3.55. The maximum atomic E-state index is 6.06. The lowest BCUT2D eigenvalue weighted by Crippen LogP contribution is -2.34. The first-order valence-electron chi connectivity index (χ1n) is 8.69. The number of para-hydroxylation sites is 2. The first-order chi connectivity index (χ1) is 11.8. The number of aromatic nitrogens is 2. The second-order valence-electron chi connectivity index (χ2n) is 6.64. The summed E-state index contributed by atoms with van der Waals surface area (Å²) in [5.74, 6) is 1.71. The molecule has 3 nitrogen and oxygen atoms in total. The molecule has 1 aromatic heterocycles. The SMILES string of the molecule is Clc1cccc(CCN2CCC(c3nc4ccccc4[nH]3)CC2)c1. The Hall–Kier alpha value is -1.84. The number of H-pyrrole nitrogens is 1. The normalized spacial score (nSPS) is 16.7. The fourth-order valence-electron chi connectivity index (χ4n) is 3.58. The molecule has 1 aliphatic rings. The fourth-order valence-corrected chi connectivity index (χ4v) is 3.79. The lowest BCUT2D eigenvalue weighted by molar-refractivity contribution is 0.212. The lowest BCUT2D eigenvalue weighted by Gasteiger charge is -2.31. The van der Waals surface area contributed by atoms with Gasteiger partial charge in [0.25, 0.3) is 0 Å². The van der Waals surface area contributed by atoms with Crippen LogP contribution in [0.4, 0.5) is 0 Å². The average molecular weight is 340 g/mol. The zero-order valence-corrected chi connectivity index (χ0v) is 14.5. The van der Waals surface area contributed by atoms with Gasteiger partial charge in [-0.3, -0.25) is 0 Å². The second kappa shape index (κ2) is 6.96. The second-order valence-corrected chi connectivity index (χ2v) is 7.07. The number of nitrogens with one attached hydrogen (secondary N) is 1. The first-order valence-corrected chi connectivity index (χ1v) is 9.07. The predicted molar refractivity (Wildman–Crippen MR) is 99.7 cm³/mol. The Kier molecular flexibility index (Phi) is 4.54. The van der Waals surface area contributed by atoms with Gasteiger partial charge in [-0.25, -0.2) is 4.98 Å². The third-order valence-electron chi connectivity index (χ3n) is 4.99. The van der Waals surface area contributed by atoms with Crippen molar-refractivity contribution in [2.75, 3.05) is 19.6 Å². The van der Waals surface area contributed by atoms with E-state index in [9.17, 15) is 0 Å². The topological polar surface area (TPSA) is 31.9 Å². The monoisotopic (exact) mass is 339 g/mol. The number of halogens is 1. The molecule has 0 radical (unpaired) electrons. The zero-order chi connectivity index (χ0) is 16.4. The summed E-state index contributed by atoms with van der Waals surface area (Å²) in [6.07, 6.45) is 3.42. The van der Waals surface area contributed by atoms with Crippen molar-refractivity contribution < 1.29 is 0 Å². The van der Waals surface area contributed by atoms with Gasteiger partial charge in [-0.1, -0.05) is 35.9 Å². The van der Waals surface area contributed by atoms with Crippen LogP contribution in [0.1, 0.15) is 30.1 Å². The van der Waals surface area contributed by atoms with Crippen LogP contribution in [0.15, 0.2) is 48.5 Å². The summed E-state index contributed by atoms with van der Waals surface area (Å²) in [5, 5.41) is 0.830. The molecule has 2 heterocycles. The van der Waals surface area contributed by atoms with E-state index in [0.717, 1.165) is 47.9 Å². The van der Waals surface area contributed by atoms with E-state index in [1.54, 1.807) is 0 Å². The number of hydrogen-bond acceptors (Lipinski definition) is 2. The van der Waals surface area contributed by atoms with Crippen LogP contribution >= 0.6 is 11.6 Å². The van der Waals surface area contributed by atoms with Crippen LogP contribution in [0.25, 0.3) is 11.0 Å². The van der Waals surface area contributed by atoms with Gasteiger partial charge in [0.05, 0.1) is 11.0 Å². The van der Waals surface area contributed by atoms with Crippen molar-refractivity contribution in [2.24, 2.45) is 0 Å². The smallest absolute Gasteiger partial charge is 0.110 e. The molecule has 4 rings (SSSR count). The standard InChI is InChI=1S/C20H22ClN3/c21-17-5-3-4-15(14-17)8-11-24-12-9-16(10-13-24)20-22-18-6-1-2-7-19(18)23-20/h1-7,14,16H,8-13H2,(H,22,23). The van der Waals surface area contributed by atoms with E-state index < -0.39 is 0 Å². The van der Waals surface area contributed by atoms with Crippen molar-refractivity contribution in [3.05, 3.63) is 64.9 Å². The van der Waals surface area contributed by atoms with Crippen LogP contribution in [0.2, 0.25) is 5.02 Å². The van der Waals surface area contributed by atoms with Crippen molar-refractivity contribution in [3.63, 3.8) is 0 Å². The Balaban J connectivity index is 1.33. The van der Waals surface area contributed by atoms with Crippen LogP contribution in [0, 0.1) is 0 Å². The van der Waals surface area contributed by atoms with E-state index in [4.69, 9.17) is 16.6 Å². The van der Waals surface area contributed by atoms with Crippen molar-refractivity contribution >= 4 is 22.6 Å². The van der Waals surface area contributed by atoms with Crippen molar-refractivity contribution in [1.29, 1.82) is 0 Å². The summed E-state index contributed by atoms with van der Waals surface area (Å²) < 4.78 is 0. The van der Waals surface area contributed by atoms with Gasteiger partial charge in [-0.2, -0.15) is 0 Å². The summed E-state index contributed by atoms with van der Waals surface area (Å²) in [6.45, 7) is 3.39. The molecule has 0 atom stereocenters. The number of likely N-dealkylation sites (tertiary alicyclic amines) is 1. The summed E-state index contributed by atoms with van der Waals surface area (Å²) in [6, 6.07) is 16.5.